The fraction of sp³-hybridized carbons (Fsp3) is 0.379. The number of carbonyl (C=O) groups excluding carboxylic acids is 2. The molecule has 0 atom stereocenters. The Hall–Kier alpha value is -4.07. The Morgan fingerprint density at radius 3 is 2.76 bits per heavy atom. The molecule has 0 spiro atoms. The van der Waals surface area contributed by atoms with Gasteiger partial charge in [-0.3, -0.25) is 14.7 Å². The molecule has 0 radical (unpaired) electrons. The van der Waals surface area contributed by atoms with Crippen molar-refractivity contribution in [3.05, 3.63) is 54.2 Å². The van der Waals surface area contributed by atoms with Gasteiger partial charge in [0.1, 0.15) is 17.3 Å². The Kier molecular flexibility index (Phi) is 8.31. The molecule has 1 saturated heterocycles. The van der Waals surface area contributed by atoms with Crippen LogP contribution in [0.1, 0.15) is 29.8 Å². The summed E-state index contributed by atoms with van der Waals surface area (Å²) in [6, 6.07) is 7.69. The first-order valence-corrected chi connectivity index (χ1v) is 14.8. The largest absolute Gasteiger partial charge is 0.453 e. The smallest absolute Gasteiger partial charge is 0.319 e. The van der Waals surface area contributed by atoms with Gasteiger partial charge in [-0.15, -0.1) is 11.3 Å². The number of hydrogen-bond donors (Lipinski definition) is 3. The predicted octanol–water partition coefficient (Wildman–Crippen LogP) is 4.36. The third-order valence-electron chi connectivity index (χ3n) is 7.18. The molecule has 1 saturated carbocycles. The van der Waals surface area contributed by atoms with Gasteiger partial charge in [-0.1, -0.05) is 0 Å². The van der Waals surface area contributed by atoms with Crippen molar-refractivity contribution >= 4 is 39.2 Å². The van der Waals surface area contributed by atoms with Crippen molar-refractivity contribution in [1.82, 2.24) is 30.1 Å². The van der Waals surface area contributed by atoms with Crippen molar-refractivity contribution in [2.45, 2.75) is 25.3 Å². The number of amides is 3. The van der Waals surface area contributed by atoms with Gasteiger partial charge in [-0.2, -0.15) is 0 Å². The topological polar surface area (TPSA) is 123 Å². The van der Waals surface area contributed by atoms with Crippen LogP contribution in [0.5, 0.6) is 11.5 Å². The van der Waals surface area contributed by atoms with Crippen molar-refractivity contribution in [1.29, 1.82) is 0 Å². The van der Waals surface area contributed by atoms with Crippen LogP contribution >= 0.6 is 11.3 Å². The van der Waals surface area contributed by atoms with E-state index < -0.39 is 5.82 Å². The van der Waals surface area contributed by atoms with Crippen molar-refractivity contribution in [2.24, 2.45) is 7.05 Å². The fourth-order valence-electron chi connectivity index (χ4n) is 4.73. The van der Waals surface area contributed by atoms with Crippen molar-refractivity contribution < 1.29 is 23.5 Å². The van der Waals surface area contributed by atoms with E-state index in [4.69, 9.17) is 9.47 Å². The van der Waals surface area contributed by atoms with Gasteiger partial charge in [0, 0.05) is 56.7 Å². The summed E-state index contributed by atoms with van der Waals surface area (Å²) in [6.07, 6.45) is 5.95. The lowest BCUT2D eigenvalue weighted by atomic mass is 10.3. The number of ether oxygens (including phenoxy) is 2. The third kappa shape index (κ3) is 6.53. The van der Waals surface area contributed by atoms with Gasteiger partial charge in [-0.25, -0.2) is 14.2 Å². The molecule has 4 aromatic rings. The molecule has 42 heavy (non-hydrogen) atoms. The minimum absolute atomic E-state index is 0.0233. The maximum absolute atomic E-state index is 14.9. The summed E-state index contributed by atoms with van der Waals surface area (Å²) in [4.78, 5) is 36.9. The molecule has 6 rings (SSSR count). The minimum Gasteiger partial charge on any atom is -0.453 e. The molecule has 3 aromatic heterocycles. The number of fused-ring (bicyclic) bond motifs is 1. The number of rotatable bonds is 10. The first-order valence-electron chi connectivity index (χ1n) is 14.0. The van der Waals surface area contributed by atoms with Crippen LogP contribution in [0.3, 0.4) is 0 Å². The van der Waals surface area contributed by atoms with Crippen molar-refractivity contribution in [3.63, 3.8) is 0 Å². The lowest BCUT2D eigenvalue weighted by Crippen LogP contribution is -2.38. The van der Waals surface area contributed by atoms with E-state index in [2.05, 4.69) is 30.8 Å². The lowest BCUT2D eigenvalue weighted by Gasteiger charge is -2.26. The number of nitrogens with one attached hydrogen (secondary N) is 3. The molecule has 2 fully saturated rings. The summed E-state index contributed by atoms with van der Waals surface area (Å²) in [5.74, 6) is 0.295. The summed E-state index contributed by atoms with van der Waals surface area (Å²) in [5.41, 5.74) is 1.46. The van der Waals surface area contributed by atoms with Gasteiger partial charge in [-0.05, 0) is 44.0 Å². The Morgan fingerprint density at radius 1 is 1.14 bits per heavy atom. The number of benzene rings is 1. The van der Waals surface area contributed by atoms with E-state index >= 15 is 0 Å². The van der Waals surface area contributed by atoms with Gasteiger partial charge in [0.2, 0.25) is 0 Å². The molecule has 0 bridgehead atoms. The highest BCUT2D eigenvalue weighted by Gasteiger charge is 2.23. The summed E-state index contributed by atoms with van der Waals surface area (Å²) in [6.45, 7) is 4.86. The summed E-state index contributed by atoms with van der Waals surface area (Å²) in [7, 11) is 1.80. The molecule has 13 heteroatoms. The number of urea groups is 1. The zero-order valence-corrected chi connectivity index (χ0v) is 24.0. The number of anilines is 1. The predicted molar refractivity (Wildman–Crippen MR) is 158 cm³/mol. The average molecular weight is 594 g/mol. The Balaban J connectivity index is 1.11. The molecule has 4 heterocycles. The van der Waals surface area contributed by atoms with E-state index in [1.54, 1.807) is 36.1 Å². The number of halogens is 1. The lowest BCUT2D eigenvalue weighted by molar-refractivity contribution is 0.0374. The number of pyridine rings is 1. The molecule has 11 nitrogen and oxygen atoms in total. The van der Waals surface area contributed by atoms with Gasteiger partial charge < -0.3 is 30.0 Å². The molecule has 1 aromatic carbocycles. The quantitative estimate of drug-likeness (QED) is 0.234. The highest BCUT2D eigenvalue weighted by atomic mass is 32.1. The number of carbonyl (C=O) groups is 2. The summed E-state index contributed by atoms with van der Waals surface area (Å²) in [5, 5.41) is 8.43. The molecule has 0 unspecified atom stereocenters. The van der Waals surface area contributed by atoms with Crippen LogP contribution in [0.25, 0.3) is 20.9 Å². The molecular formula is C29H32FN7O4S. The van der Waals surface area contributed by atoms with Crippen molar-refractivity contribution in [2.75, 3.05) is 44.7 Å². The van der Waals surface area contributed by atoms with Crippen LogP contribution in [0.15, 0.2) is 42.7 Å². The van der Waals surface area contributed by atoms with Gasteiger partial charge >= 0.3 is 6.03 Å². The summed E-state index contributed by atoms with van der Waals surface area (Å²) >= 11 is 1.40. The van der Waals surface area contributed by atoms with E-state index in [1.807, 2.05) is 6.07 Å². The standard InChI is InChI=1S/C29H32FN7O4S/c1-36-22(28(38)32-8-2-10-37-11-13-40-14-12-37)17-33-27(36)25-16-21-26(42-25)24(7-9-31-21)41-23-6-5-19(15-20(23)30)35-29(39)34-18-3-4-18/h5-7,9,15-18H,2-4,8,10-14H2,1H3,(H,32,38)(H2,34,35,39). The molecule has 1 aliphatic heterocycles. The first-order chi connectivity index (χ1) is 20.4. The van der Waals surface area contributed by atoms with Crippen molar-refractivity contribution in [3.8, 4) is 22.2 Å². The highest BCUT2D eigenvalue weighted by Crippen LogP contribution is 2.39. The number of hydrogen-bond acceptors (Lipinski definition) is 8. The molecule has 3 amide bonds. The van der Waals surface area contributed by atoms with E-state index in [9.17, 15) is 14.0 Å². The minimum atomic E-state index is -0.606. The highest BCUT2D eigenvalue weighted by molar-refractivity contribution is 7.22. The molecule has 1 aliphatic carbocycles. The van der Waals surface area contributed by atoms with Crippen LogP contribution < -0.4 is 20.7 Å². The van der Waals surface area contributed by atoms with Crippen LogP contribution in [0.4, 0.5) is 14.9 Å². The summed E-state index contributed by atoms with van der Waals surface area (Å²) < 4.78 is 28.7. The molecular weight excluding hydrogens is 561 g/mol. The number of imidazole rings is 1. The molecule has 2 aliphatic rings. The van der Waals surface area contributed by atoms with Gasteiger partial charge in [0.25, 0.3) is 5.91 Å². The van der Waals surface area contributed by atoms with E-state index in [0.717, 1.165) is 61.7 Å². The second kappa shape index (κ2) is 12.4. The van der Waals surface area contributed by atoms with E-state index in [-0.39, 0.29) is 23.7 Å². The third-order valence-corrected chi connectivity index (χ3v) is 8.31. The number of aromatic nitrogens is 3. The average Bonchev–Trinajstić information content (AvgIpc) is 3.54. The van der Waals surface area contributed by atoms with Crippen LogP contribution in [-0.4, -0.2) is 76.8 Å². The van der Waals surface area contributed by atoms with Gasteiger partial charge in [0.05, 0.1) is 34.5 Å². The molecule has 3 N–H and O–H groups in total. The SMILES string of the molecule is Cn1c(C(=O)NCCCN2CCOCC2)cnc1-c1cc2nccc(Oc3ccc(NC(=O)NC4CC4)cc3F)c2s1. The zero-order chi connectivity index (χ0) is 29.1. The van der Waals surface area contributed by atoms with Gasteiger partial charge in [0.15, 0.2) is 11.6 Å². The molecule has 220 valence electrons. The van der Waals surface area contributed by atoms with Crippen LogP contribution in [-0.2, 0) is 11.8 Å². The van der Waals surface area contributed by atoms with E-state index in [0.29, 0.717) is 35.0 Å². The fourth-order valence-corrected chi connectivity index (χ4v) is 5.83. The normalized spacial score (nSPS) is 15.5. The second-order valence-corrected chi connectivity index (χ2v) is 11.4. The van der Waals surface area contributed by atoms with Crippen LogP contribution in [0.2, 0.25) is 0 Å². The Morgan fingerprint density at radius 2 is 1.98 bits per heavy atom. The van der Waals surface area contributed by atoms with E-state index in [1.165, 1.54) is 23.5 Å². The Labute approximate surface area is 246 Å². The monoisotopic (exact) mass is 593 g/mol. The maximum atomic E-state index is 14.9. The maximum Gasteiger partial charge on any atom is 0.319 e. The zero-order valence-electron chi connectivity index (χ0n) is 23.2. The number of morpholine rings is 1. The number of thiophene rings is 1. The van der Waals surface area contributed by atoms with Crippen LogP contribution in [0, 0.1) is 5.82 Å². The first kappa shape index (κ1) is 28.1. The Bertz CT molecular complexity index is 1600. The number of nitrogens with zero attached hydrogens (tertiary/aromatic N) is 4. The second-order valence-electron chi connectivity index (χ2n) is 10.3.